The summed E-state index contributed by atoms with van der Waals surface area (Å²) >= 11 is 0. The number of imide groups is 1. The topological polar surface area (TPSA) is 119 Å². The normalized spacial score (nSPS) is 18.5. The molecule has 2 aromatic carbocycles. The minimum Gasteiger partial charge on any atom is -0.496 e. The molecule has 1 atom stereocenters. The van der Waals surface area contributed by atoms with Crippen LogP contribution in [0, 0.1) is 10.1 Å². The molecule has 0 aliphatic carbocycles. The van der Waals surface area contributed by atoms with E-state index in [4.69, 9.17) is 4.74 Å². The van der Waals surface area contributed by atoms with Gasteiger partial charge in [0, 0.05) is 23.3 Å². The van der Waals surface area contributed by atoms with Crippen molar-refractivity contribution in [3.63, 3.8) is 0 Å². The molecule has 1 aliphatic heterocycles. The highest BCUT2D eigenvalue weighted by atomic mass is 16.6. The molecule has 3 rings (SSSR count). The Labute approximate surface area is 166 Å². The van der Waals surface area contributed by atoms with Crippen molar-refractivity contribution in [2.45, 2.75) is 25.9 Å². The van der Waals surface area contributed by atoms with E-state index in [1.54, 1.807) is 18.2 Å². The van der Waals surface area contributed by atoms with Crippen molar-refractivity contribution in [3.05, 3.63) is 69.3 Å². The number of hydrogen-bond acceptors (Lipinski definition) is 6. The van der Waals surface area contributed by atoms with E-state index >= 15 is 0 Å². The average molecular weight is 397 g/mol. The number of nitrogens with one attached hydrogen (secondary N) is 1. The first-order chi connectivity index (χ1) is 13.7. The molecule has 0 bridgehead atoms. The molecule has 1 heterocycles. The van der Waals surface area contributed by atoms with Gasteiger partial charge in [0.05, 0.1) is 18.6 Å². The first-order valence-corrected chi connectivity index (χ1v) is 8.74. The maximum atomic E-state index is 13.1. The summed E-state index contributed by atoms with van der Waals surface area (Å²) in [6.07, 6.45) is 0. The van der Waals surface area contributed by atoms with Crippen molar-refractivity contribution in [2.24, 2.45) is 0 Å². The van der Waals surface area contributed by atoms with Gasteiger partial charge < -0.3 is 10.1 Å². The zero-order valence-corrected chi connectivity index (χ0v) is 16.1. The second-order valence-electron chi connectivity index (χ2n) is 6.83. The molecule has 0 spiro atoms. The molecule has 0 radical (unpaired) electrons. The number of nitro benzene ring substituents is 1. The molecule has 1 N–H and O–H groups in total. The Hall–Kier alpha value is -3.75. The smallest absolute Gasteiger partial charge is 0.325 e. The predicted molar refractivity (Wildman–Crippen MR) is 103 cm³/mol. The fraction of sp³-hybridized carbons (Fsp3) is 0.250. The Morgan fingerprint density at radius 1 is 1.21 bits per heavy atom. The lowest BCUT2D eigenvalue weighted by molar-refractivity contribution is -0.384. The number of carbonyl (C=O) groups is 3. The van der Waals surface area contributed by atoms with Gasteiger partial charge in [-0.2, -0.15) is 0 Å². The molecule has 1 saturated heterocycles. The van der Waals surface area contributed by atoms with Gasteiger partial charge in [0.15, 0.2) is 5.78 Å². The van der Waals surface area contributed by atoms with E-state index in [0.29, 0.717) is 22.4 Å². The SMILES string of the molecule is COc1ccc(C(C)=O)cc1CN1C(=O)N[C@](C)(c2ccc([N+](=O)[O-])cc2)C1=O. The van der Waals surface area contributed by atoms with Gasteiger partial charge in [0.1, 0.15) is 11.3 Å². The predicted octanol–water partition coefficient (Wildman–Crippen LogP) is 2.77. The summed E-state index contributed by atoms with van der Waals surface area (Å²) in [6.45, 7) is 2.88. The van der Waals surface area contributed by atoms with Crippen LogP contribution in [-0.4, -0.2) is 34.7 Å². The number of benzene rings is 2. The van der Waals surface area contributed by atoms with E-state index in [1.165, 1.54) is 45.2 Å². The number of ketones is 1. The molecule has 0 aromatic heterocycles. The maximum Gasteiger partial charge on any atom is 0.325 e. The highest BCUT2D eigenvalue weighted by molar-refractivity contribution is 6.07. The number of Topliss-reactive ketones (excluding diaryl/α,β-unsaturated/α-hetero) is 1. The number of urea groups is 1. The molecule has 1 fully saturated rings. The highest BCUT2D eigenvalue weighted by Crippen LogP contribution is 2.32. The number of ether oxygens (including phenoxy) is 1. The Kier molecular flexibility index (Phi) is 5.06. The number of methoxy groups -OCH3 is 1. The molecule has 29 heavy (non-hydrogen) atoms. The number of nitrogens with zero attached hydrogens (tertiary/aromatic N) is 2. The van der Waals surface area contributed by atoms with Gasteiger partial charge in [0.25, 0.3) is 11.6 Å². The largest absolute Gasteiger partial charge is 0.496 e. The van der Waals surface area contributed by atoms with Crippen LogP contribution in [0.4, 0.5) is 10.5 Å². The minimum atomic E-state index is -1.36. The molecule has 9 nitrogen and oxygen atoms in total. The quantitative estimate of drug-likeness (QED) is 0.346. The number of nitro groups is 1. The zero-order valence-electron chi connectivity index (χ0n) is 16.1. The van der Waals surface area contributed by atoms with E-state index in [-0.39, 0.29) is 18.0 Å². The van der Waals surface area contributed by atoms with Crippen molar-refractivity contribution in [2.75, 3.05) is 7.11 Å². The summed E-state index contributed by atoms with van der Waals surface area (Å²) in [7, 11) is 1.46. The van der Waals surface area contributed by atoms with E-state index in [9.17, 15) is 24.5 Å². The van der Waals surface area contributed by atoms with Crippen LogP contribution in [0.25, 0.3) is 0 Å². The van der Waals surface area contributed by atoms with Gasteiger partial charge in [0.2, 0.25) is 0 Å². The Bertz CT molecular complexity index is 1020. The van der Waals surface area contributed by atoms with Crippen LogP contribution in [0.15, 0.2) is 42.5 Å². The Morgan fingerprint density at radius 2 is 1.86 bits per heavy atom. The van der Waals surface area contributed by atoms with Gasteiger partial charge >= 0.3 is 6.03 Å². The van der Waals surface area contributed by atoms with Gasteiger partial charge in [-0.3, -0.25) is 24.6 Å². The third-order valence-electron chi connectivity index (χ3n) is 4.95. The fourth-order valence-electron chi connectivity index (χ4n) is 3.24. The van der Waals surface area contributed by atoms with Crippen molar-refractivity contribution in [1.29, 1.82) is 0 Å². The highest BCUT2D eigenvalue weighted by Gasteiger charge is 2.49. The van der Waals surface area contributed by atoms with Crippen molar-refractivity contribution in [3.8, 4) is 5.75 Å². The van der Waals surface area contributed by atoms with Crippen LogP contribution in [0.1, 0.15) is 35.3 Å². The lowest BCUT2D eigenvalue weighted by Gasteiger charge is -2.22. The van der Waals surface area contributed by atoms with Crippen molar-refractivity contribution in [1.82, 2.24) is 10.2 Å². The fourth-order valence-corrected chi connectivity index (χ4v) is 3.24. The molecule has 2 aromatic rings. The molecule has 0 saturated carbocycles. The van der Waals surface area contributed by atoms with Crippen LogP contribution in [0.3, 0.4) is 0 Å². The lowest BCUT2D eigenvalue weighted by Crippen LogP contribution is -2.40. The molecule has 9 heteroatoms. The molecule has 150 valence electrons. The number of hydrogen-bond donors (Lipinski definition) is 1. The zero-order chi connectivity index (χ0) is 21.3. The van der Waals surface area contributed by atoms with Crippen LogP contribution < -0.4 is 10.1 Å². The van der Waals surface area contributed by atoms with Gasteiger partial charge in [-0.15, -0.1) is 0 Å². The third kappa shape index (κ3) is 3.54. The summed E-state index contributed by atoms with van der Waals surface area (Å²) in [4.78, 5) is 48.6. The van der Waals surface area contributed by atoms with E-state index in [0.717, 1.165) is 4.90 Å². The van der Waals surface area contributed by atoms with Crippen LogP contribution in [0.5, 0.6) is 5.75 Å². The molecule has 3 amide bonds. The van der Waals surface area contributed by atoms with Gasteiger partial charge in [-0.1, -0.05) is 0 Å². The minimum absolute atomic E-state index is 0.0858. The molecule has 0 unspecified atom stereocenters. The average Bonchev–Trinajstić information content (AvgIpc) is 2.92. The number of amides is 3. The van der Waals surface area contributed by atoms with Gasteiger partial charge in [-0.05, 0) is 49.7 Å². The summed E-state index contributed by atoms with van der Waals surface area (Å²) in [5.74, 6) is -0.215. The molecular weight excluding hydrogens is 378 g/mol. The van der Waals surface area contributed by atoms with E-state index in [1.807, 2.05) is 0 Å². The van der Waals surface area contributed by atoms with Crippen molar-refractivity contribution >= 4 is 23.4 Å². The Balaban J connectivity index is 1.92. The number of carbonyl (C=O) groups excluding carboxylic acids is 3. The molecular formula is C20H19N3O6. The summed E-state index contributed by atoms with van der Waals surface area (Å²) < 4.78 is 5.29. The number of non-ortho nitro benzene ring substituents is 1. The van der Waals surface area contributed by atoms with Gasteiger partial charge in [-0.25, -0.2) is 4.79 Å². The Morgan fingerprint density at radius 3 is 2.41 bits per heavy atom. The first-order valence-electron chi connectivity index (χ1n) is 8.74. The summed E-state index contributed by atoms with van der Waals surface area (Å²) in [6, 6.07) is 9.64. The van der Waals surface area contributed by atoms with E-state index in [2.05, 4.69) is 5.32 Å². The van der Waals surface area contributed by atoms with Crippen molar-refractivity contribution < 1.29 is 24.0 Å². The van der Waals surface area contributed by atoms with Crippen LogP contribution in [-0.2, 0) is 16.9 Å². The second-order valence-corrected chi connectivity index (χ2v) is 6.83. The molecule has 1 aliphatic rings. The maximum absolute atomic E-state index is 13.1. The monoisotopic (exact) mass is 397 g/mol. The number of rotatable bonds is 6. The van der Waals surface area contributed by atoms with E-state index < -0.39 is 22.4 Å². The summed E-state index contributed by atoms with van der Waals surface area (Å²) in [5.41, 5.74) is -0.106. The standard InChI is InChI=1S/C20H19N3O6/c1-12(24)13-4-9-17(29-3)14(10-13)11-22-18(25)20(2,21-19(22)26)15-5-7-16(8-6-15)23(27)28/h4-10H,11H2,1-3H3,(H,21,26)/t20-/m1/s1. The third-order valence-corrected chi connectivity index (χ3v) is 4.95. The second kappa shape index (κ2) is 7.34. The first kappa shape index (κ1) is 20.0. The summed E-state index contributed by atoms with van der Waals surface area (Å²) in [5, 5.41) is 13.5. The van der Waals surface area contributed by atoms with Crippen LogP contribution >= 0.6 is 0 Å². The van der Waals surface area contributed by atoms with Crippen LogP contribution in [0.2, 0.25) is 0 Å². The lowest BCUT2D eigenvalue weighted by atomic mass is 9.92.